The van der Waals surface area contributed by atoms with Crippen molar-refractivity contribution >= 4 is 29.5 Å². The fraction of sp³-hybridized carbons (Fsp3) is 0.316. The molecule has 1 aromatic carbocycles. The Kier molecular flexibility index (Phi) is 6.18. The van der Waals surface area contributed by atoms with Crippen LogP contribution in [0.5, 0.6) is 0 Å². The smallest absolute Gasteiger partial charge is 0.330 e. The molecule has 1 aliphatic heterocycles. The van der Waals surface area contributed by atoms with Gasteiger partial charge in [0, 0.05) is 19.2 Å². The molecular formula is C19H20N2O5S. The fourth-order valence-corrected chi connectivity index (χ4v) is 4.22. The monoisotopic (exact) mass is 388 g/mol. The molecule has 8 heteroatoms. The van der Waals surface area contributed by atoms with Crippen LogP contribution in [0.1, 0.15) is 23.6 Å². The van der Waals surface area contributed by atoms with Gasteiger partial charge in [0.15, 0.2) is 6.61 Å². The quantitative estimate of drug-likeness (QED) is 0.763. The number of esters is 1. The third-order valence-corrected chi connectivity index (χ3v) is 5.38. The maximum absolute atomic E-state index is 12.4. The van der Waals surface area contributed by atoms with E-state index in [-0.39, 0.29) is 17.9 Å². The van der Waals surface area contributed by atoms with Gasteiger partial charge >= 0.3 is 5.97 Å². The van der Waals surface area contributed by atoms with Gasteiger partial charge in [-0.1, -0.05) is 30.3 Å². The molecule has 1 aliphatic rings. The highest BCUT2D eigenvalue weighted by atomic mass is 32.2. The number of hydrogen-bond acceptors (Lipinski definition) is 6. The average molecular weight is 388 g/mol. The van der Waals surface area contributed by atoms with Crippen molar-refractivity contribution in [2.24, 2.45) is 0 Å². The largest absolute Gasteiger partial charge is 0.466 e. The Hall–Kier alpha value is -2.74. The molecule has 3 rings (SSSR count). The van der Waals surface area contributed by atoms with E-state index in [9.17, 15) is 14.4 Å². The Morgan fingerprint density at radius 1 is 1.22 bits per heavy atom. The second kappa shape index (κ2) is 8.77. The molecule has 0 unspecified atom stereocenters. The molecule has 2 heterocycles. The summed E-state index contributed by atoms with van der Waals surface area (Å²) < 4.78 is 10.5. The number of nitrogens with one attached hydrogen (secondary N) is 1. The SMILES string of the molecule is CC(=O)N1[C@@H](c2ccco2)SC[C@H]1C(=O)OCC(=O)NCc1ccccc1. The predicted molar refractivity (Wildman–Crippen MR) is 99.5 cm³/mol. The highest BCUT2D eigenvalue weighted by Gasteiger charge is 2.43. The first-order valence-electron chi connectivity index (χ1n) is 8.47. The molecule has 0 radical (unpaired) electrons. The lowest BCUT2D eigenvalue weighted by molar-refractivity contribution is -0.156. The molecule has 0 bridgehead atoms. The van der Waals surface area contributed by atoms with Crippen molar-refractivity contribution in [1.29, 1.82) is 0 Å². The lowest BCUT2D eigenvalue weighted by atomic mass is 10.2. The summed E-state index contributed by atoms with van der Waals surface area (Å²) in [6.07, 6.45) is 1.52. The Bertz CT molecular complexity index is 794. The van der Waals surface area contributed by atoms with E-state index in [0.29, 0.717) is 18.1 Å². The van der Waals surface area contributed by atoms with Crippen molar-refractivity contribution in [3.63, 3.8) is 0 Å². The molecule has 1 saturated heterocycles. The Labute approximate surface area is 161 Å². The molecule has 2 aromatic rings. The van der Waals surface area contributed by atoms with E-state index >= 15 is 0 Å². The van der Waals surface area contributed by atoms with Gasteiger partial charge in [-0.2, -0.15) is 0 Å². The molecule has 2 atom stereocenters. The molecule has 27 heavy (non-hydrogen) atoms. The first-order chi connectivity index (χ1) is 13.1. The fourth-order valence-electron chi connectivity index (χ4n) is 2.80. The molecule has 1 N–H and O–H groups in total. The van der Waals surface area contributed by atoms with Crippen LogP contribution in [0, 0.1) is 0 Å². The number of rotatable bonds is 6. The van der Waals surface area contributed by atoms with Gasteiger partial charge in [-0.15, -0.1) is 11.8 Å². The summed E-state index contributed by atoms with van der Waals surface area (Å²) in [6.45, 7) is 1.37. The predicted octanol–water partition coefficient (Wildman–Crippen LogP) is 2.10. The van der Waals surface area contributed by atoms with E-state index in [1.165, 1.54) is 29.8 Å². The van der Waals surface area contributed by atoms with E-state index in [0.717, 1.165) is 5.56 Å². The summed E-state index contributed by atoms with van der Waals surface area (Å²) in [7, 11) is 0. The number of furan rings is 1. The molecule has 1 aromatic heterocycles. The van der Waals surface area contributed by atoms with E-state index in [1.54, 1.807) is 12.1 Å². The first-order valence-corrected chi connectivity index (χ1v) is 9.52. The second-order valence-electron chi connectivity index (χ2n) is 6.01. The third-order valence-electron chi connectivity index (χ3n) is 4.10. The van der Waals surface area contributed by atoms with Crippen LogP contribution < -0.4 is 5.32 Å². The standard InChI is InChI=1S/C19H20N2O5S/c1-13(22)21-15(12-27-18(21)16-8-5-9-25-16)19(24)26-11-17(23)20-10-14-6-3-2-4-7-14/h2-9,15,18H,10-12H2,1H3,(H,20,23)/t15-,18+/m0/s1. The van der Waals surface area contributed by atoms with Crippen LogP contribution in [0.15, 0.2) is 53.1 Å². The third kappa shape index (κ3) is 4.71. The zero-order chi connectivity index (χ0) is 19.2. The van der Waals surface area contributed by atoms with Gasteiger partial charge in [-0.25, -0.2) is 4.79 Å². The minimum Gasteiger partial charge on any atom is -0.466 e. The van der Waals surface area contributed by atoms with E-state index < -0.39 is 17.9 Å². The van der Waals surface area contributed by atoms with Crippen molar-refractivity contribution in [2.45, 2.75) is 24.9 Å². The van der Waals surface area contributed by atoms with Gasteiger partial charge in [0.05, 0.1) is 6.26 Å². The summed E-state index contributed by atoms with van der Waals surface area (Å²) in [4.78, 5) is 37.8. The van der Waals surface area contributed by atoms with Gasteiger partial charge in [-0.05, 0) is 17.7 Å². The van der Waals surface area contributed by atoms with Crippen LogP contribution in [0.25, 0.3) is 0 Å². The van der Waals surface area contributed by atoms with E-state index in [1.807, 2.05) is 30.3 Å². The van der Waals surface area contributed by atoms with Crippen LogP contribution in [-0.4, -0.2) is 41.1 Å². The van der Waals surface area contributed by atoms with Gasteiger partial charge in [0.2, 0.25) is 5.91 Å². The summed E-state index contributed by atoms with van der Waals surface area (Å²) in [5.74, 6) is -0.255. The highest BCUT2D eigenvalue weighted by molar-refractivity contribution is 7.99. The molecular weight excluding hydrogens is 368 g/mol. The number of hydrogen-bond donors (Lipinski definition) is 1. The van der Waals surface area contributed by atoms with Crippen molar-refractivity contribution in [1.82, 2.24) is 10.2 Å². The zero-order valence-electron chi connectivity index (χ0n) is 14.8. The van der Waals surface area contributed by atoms with Crippen molar-refractivity contribution in [2.75, 3.05) is 12.4 Å². The lowest BCUT2D eigenvalue weighted by Crippen LogP contribution is -2.43. The van der Waals surface area contributed by atoms with Crippen LogP contribution in [0.3, 0.4) is 0 Å². The van der Waals surface area contributed by atoms with Gasteiger partial charge in [0.25, 0.3) is 5.91 Å². The molecule has 0 spiro atoms. The van der Waals surface area contributed by atoms with E-state index in [2.05, 4.69) is 5.32 Å². The number of ether oxygens (including phenoxy) is 1. The number of nitrogens with zero attached hydrogens (tertiary/aromatic N) is 1. The van der Waals surface area contributed by atoms with Gasteiger partial charge in [0.1, 0.15) is 17.2 Å². The normalized spacial score (nSPS) is 18.9. The number of carbonyl (C=O) groups is 3. The van der Waals surface area contributed by atoms with E-state index in [4.69, 9.17) is 9.15 Å². The molecule has 7 nitrogen and oxygen atoms in total. The topological polar surface area (TPSA) is 88.8 Å². The number of benzene rings is 1. The first kappa shape index (κ1) is 19.0. The van der Waals surface area contributed by atoms with Gasteiger partial charge < -0.3 is 19.4 Å². The Morgan fingerprint density at radius 2 is 2.00 bits per heavy atom. The van der Waals surface area contributed by atoms with Crippen molar-refractivity contribution < 1.29 is 23.5 Å². The summed E-state index contributed by atoms with van der Waals surface area (Å²) >= 11 is 1.42. The van der Waals surface area contributed by atoms with Crippen LogP contribution in [0.4, 0.5) is 0 Å². The molecule has 0 aliphatic carbocycles. The molecule has 0 saturated carbocycles. The summed E-state index contributed by atoms with van der Waals surface area (Å²) in [5, 5.41) is 2.32. The summed E-state index contributed by atoms with van der Waals surface area (Å²) in [6, 6.07) is 12.2. The number of carbonyl (C=O) groups excluding carboxylic acids is 3. The zero-order valence-corrected chi connectivity index (χ0v) is 15.6. The average Bonchev–Trinajstić information content (AvgIpc) is 3.34. The second-order valence-corrected chi connectivity index (χ2v) is 7.13. The highest BCUT2D eigenvalue weighted by Crippen LogP contribution is 2.41. The minimum atomic E-state index is -0.746. The molecule has 142 valence electrons. The minimum absolute atomic E-state index is 0.253. The number of amides is 2. The molecule has 2 amide bonds. The van der Waals surface area contributed by atoms with Crippen LogP contribution in [-0.2, 0) is 25.7 Å². The number of thioether (sulfide) groups is 1. The van der Waals surface area contributed by atoms with Crippen molar-refractivity contribution in [3.8, 4) is 0 Å². The maximum Gasteiger partial charge on any atom is 0.330 e. The van der Waals surface area contributed by atoms with Crippen molar-refractivity contribution in [3.05, 3.63) is 60.1 Å². The van der Waals surface area contributed by atoms with Crippen LogP contribution >= 0.6 is 11.8 Å². The Morgan fingerprint density at radius 3 is 2.67 bits per heavy atom. The lowest BCUT2D eigenvalue weighted by Gasteiger charge is -2.25. The Balaban J connectivity index is 1.52. The van der Waals surface area contributed by atoms with Crippen LogP contribution in [0.2, 0.25) is 0 Å². The van der Waals surface area contributed by atoms with Gasteiger partial charge in [-0.3, -0.25) is 9.59 Å². The summed E-state index contributed by atoms with van der Waals surface area (Å²) in [5.41, 5.74) is 0.952. The molecule has 1 fully saturated rings. The maximum atomic E-state index is 12.4.